The van der Waals surface area contributed by atoms with Crippen LogP contribution in [0.5, 0.6) is 0 Å². The highest BCUT2D eigenvalue weighted by molar-refractivity contribution is 9.10. The first-order valence-corrected chi connectivity index (χ1v) is 6.53. The highest BCUT2D eigenvalue weighted by Crippen LogP contribution is 2.44. The molecule has 4 nitrogen and oxygen atoms in total. The second kappa shape index (κ2) is 3.99. The molecule has 3 rings (SSSR count). The molecule has 1 saturated carbocycles. The Labute approximate surface area is 108 Å². The molecule has 0 bridgehead atoms. The van der Waals surface area contributed by atoms with Gasteiger partial charge in [-0.15, -0.1) is 0 Å². The molecular formula is C12H14BrN3O. The number of amides is 1. The number of rotatable bonds is 3. The number of nitrogens with two attached hydrogens (primary N) is 1. The number of halogens is 1. The lowest BCUT2D eigenvalue weighted by Crippen LogP contribution is -2.23. The number of carbonyl (C=O) groups is 1. The molecule has 1 aliphatic carbocycles. The zero-order chi connectivity index (χ0) is 12.0. The molecule has 1 aromatic rings. The maximum absolute atomic E-state index is 11.4. The van der Waals surface area contributed by atoms with Crippen LogP contribution in [0.4, 0.5) is 5.69 Å². The molecule has 4 N–H and O–H groups in total. The predicted molar refractivity (Wildman–Crippen MR) is 69.9 cm³/mol. The topological polar surface area (TPSA) is 67.2 Å². The van der Waals surface area contributed by atoms with E-state index in [1.54, 1.807) is 0 Å². The SMILES string of the molecule is NC(=O)c1c(Br)cccc1NC1C2CNCC21. The number of hydrogen-bond acceptors (Lipinski definition) is 3. The molecule has 1 amide bonds. The number of hydrogen-bond donors (Lipinski definition) is 3. The first-order chi connectivity index (χ1) is 8.18. The van der Waals surface area contributed by atoms with Gasteiger partial charge < -0.3 is 16.4 Å². The summed E-state index contributed by atoms with van der Waals surface area (Å²) in [6, 6.07) is 6.14. The fraction of sp³-hybridized carbons (Fsp3) is 0.417. The molecule has 0 spiro atoms. The summed E-state index contributed by atoms with van der Waals surface area (Å²) in [4.78, 5) is 11.4. The van der Waals surface area contributed by atoms with E-state index in [4.69, 9.17) is 5.73 Å². The van der Waals surface area contributed by atoms with Crippen molar-refractivity contribution >= 4 is 27.5 Å². The Balaban J connectivity index is 1.83. The van der Waals surface area contributed by atoms with Gasteiger partial charge in [0.25, 0.3) is 5.91 Å². The van der Waals surface area contributed by atoms with E-state index < -0.39 is 5.91 Å². The van der Waals surface area contributed by atoms with E-state index in [2.05, 4.69) is 26.6 Å². The van der Waals surface area contributed by atoms with Crippen LogP contribution in [-0.2, 0) is 0 Å². The number of primary amides is 1. The molecule has 1 aliphatic heterocycles. The van der Waals surface area contributed by atoms with E-state index in [1.165, 1.54) is 0 Å². The van der Waals surface area contributed by atoms with E-state index in [9.17, 15) is 4.79 Å². The van der Waals surface area contributed by atoms with E-state index in [1.807, 2.05) is 18.2 Å². The smallest absolute Gasteiger partial charge is 0.251 e. The third-order valence-corrected chi connectivity index (χ3v) is 4.33. The number of nitrogens with one attached hydrogen (secondary N) is 2. The van der Waals surface area contributed by atoms with Crippen LogP contribution in [0.2, 0.25) is 0 Å². The van der Waals surface area contributed by atoms with Gasteiger partial charge in [0.15, 0.2) is 0 Å². The number of anilines is 1. The van der Waals surface area contributed by atoms with Crippen molar-refractivity contribution in [2.24, 2.45) is 17.6 Å². The lowest BCUT2D eigenvalue weighted by molar-refractivity contribution is 0.100. The van der Waals surface area contributed by atoms with Crippen molar-refractivity contribution in [3.05, 3.63) is 28.2 Å². The average molecular weight is 296 g/mol. The van der Waals surface area contributed by atoms with Crippen LogP contribution in [0.3, 0.4) is 0 Å². The molecule has 2 unspecified atom stereocenters. The molecule has 1 saturated heterocycles. The monoisotopic (exact) mass is 295 g/mol. The van der Waals surface area contributed by atoms with Crippen molar-refractivity contribution in [1.82, 2.24) is 5.32 Å². The minimum atomic E-state index is -0.399. The molecule has 2 aliphatic rings. The molecule has 0 aromatic heterocycles. The van der Waals surface area contributed by atoms with Crippen LogP contribution in [0.15, 0.2) is 22.7 Å². The Morgan fingerprint density at radius 3 is 2.76 bits per heavy atom. The van der Waals surface area contributed by atoms with Gasteiger partial charge in [-0.05, 0) is 39.9 Å². The molecule has 2 fully saturated rings. The Kier molecular flexibility index (Phi) is 2.60. The largest absolute Gasteiger partial charge is 0.381 e. The lowest BCUT2D eigenvalue weighted by atomic mass is 10.1. The maximum Gasteiger partial charge on any atom is 0.251 e. The Morgan fingerprint density at radius 2 is 2.12 bits per heavy atom. The van der Waals surface area contributed by atoms with Crippen LogP contribution >= 0.6 is 15.9 Å². The number of fused-ring (bicyclic) bond motifs is 1. The van der Waals surface area contributed by atoms with Gasteiger partial charge in [-0.2, -0.15) is 0 Å². The van der Waals surface area contributed by atoms with Gasteiger partial charge in [-0.3, -0.25) is 4.79 Å². The second-order valence-electron chi connectivity index (χ2n) is 4.68. The molecule has 2 atom stereocenters. The van der Waals surface area contributed by atoms with Gasteiger partial charge in [0.2, 0.25) is 0 Å². The highest BCUT2D eigenvalue weighted by atomic mass is 79.9. The van der Waals surface area contributed by atoms with E-state index in [0.29, 0.717) is 23.4 Å². The van der Waals surface area contributed by atoms with E-state index in [-0.39, 0.29) is 0 Å². The number of benzene rings is 1. The summed E-state index contributed by atoms with van der Waals surface area (Å²) in [5, 5.41) is 6.78. The summed E-state index contributed by atoms with van der Waals surface area (Å²) < 4.78 is 0.749. The Hall–Kier alpha value is -1.07. The number of piperidine rings is 1. The Bertz CT molecular complexity index is 467. The molecule has 0 radical (unpaired) electrons. The minimum Gasteiger partial charge on any atom is -0.381 e. The average Bonchev–Trinajstić information content (AvgIpc) is 2.74. The van der Waals surface area contributed by atoms with Crippen LogP contribution in [0, 0.1) is 11.8 Å². The van der Waals surface area contributed by atoms with Crippen molar-refractivity contribution in [2.75, 3.05) is 18.4 Å². The normalized spacial score (nSPS) is 29.8. The quantitative estimate of drug-likeness (QED) is 0.784. The maximum atomic E-state index is 11.4. The fourth-order valence-electron chi connectivity index (χ4n) is 2.71. The van der Waals surface area contributed by atoms with Crippen LogP contribution in [-0.4, -0.2) is 25.0 Å². The van der Waals surface area contributed by atoms with Crippen LogP contribution in [0.1, 0.15) is 10.4 Å². The summed E-state index contributed by atoms with van der Waals surface area (Å²) in [5.74, 6) is 1.01. The fourth-order valence-corrected chi connectivity index (χ4v) is 3.27. The lowest BCUT2D eigenvalue weighted by Gasteiger charge is -2.13. The zero-order valence-corrected chi connectivity index (χ0v) is 10.8. The van der Waals surface area contributed by atoms with Gasteiger partial charge in [0.05, 0.1) is 5.56 Å². The third kappa shape index (κ3) is 1.83. The minimum absolute atomic E-state index is 0.399. The van der Waals surface area contributed by atoms with Gasteiger partial charge in [0, 0.05) is 29.3 Å². The van der Waals surface area contributed by atoms with Crippen LogP contribution in [0.25, 0.3) is 0 Å². The Morgan fingerprint density at radius 1 is 1.41 bits per heavy atom. The molecule has 5 heteroatoms. The van der Waals surface area contributed by atoms with Gasteiger partial charge in [-0.25, -0.2) is 0 Å². The summed E-state index contributed by atoms with van der Waals surface area (Å²) in [5.41, 5.74) is 6.79. The van der Waals surface area contributed by atoms with Gasteiger partial charge in [0.1, 0.15) is 0 Å². The van der Waals surface area contributed by atoms with Crippen LogP contribution < -0.4 is 16.4 Å². The molecule has 1 aromatic carbocycles. The van der Waals surface area contributed by atoms with Crippen molar-refractivity contribution in [2.45, 2.75) is 6.04 Å². The van der Waals surface area contributed by atoms with Gasteiger partial charge in [-0.1, -0.05) is 6.07 Å². The van der Waals surface area contributed by atoms with Crippen molar-refractivity contribution < 1.29 is 4.79 Å². The van der Waals surface area contributed by atoms with Crippen molar-refractivity contribution in [3.8, 4) is 0 Å². The first kappa shape index (κ1) is 11.0. The first-order valence-electron chi connectivity index (χ1n) is 5.74. The summed E-state index contributed by atoms with van der Waals surface area (Å²) in [6.45, 7) is 2.14. The highest BCUT2D eigenvalue weighted by Gasteiger charge is 2.53. The summed E-state index contributed by atoms with van der Waals surface area (Å²) >= 11 is 3.37. The molecule has 1 heterocycles. The van der Waals surface area contributed by atoms with E-state index >= 15 is 0 Å². The van der Waals surface area contributed by atoms with Gasteiger partial charge >= 0.3 is 0 Å². The molecule has 17 heavy (non-hydrogen) atoms. The van der Waals surface area contributed by atoms with Crippen molar-refractivity contribution in [3.63, 3.8) is 0 Å². The summed E-state index contributed by atoms with van der Waals surface area (Å²) in [7, 11) is 0. The van der Waals surface area contributed by atoms with E-state index in [0.717, 1.165) is 23.2 Å². The zero-order valence-electron chi connectivity index (χ0n) is 9.24. The molecule has 90 valence electrons. The molecular weight excluding hydrogens is 282 g/mol. The standard InChI is InChI=1S/C12H14BrN3O/c13-8-2-1-3-9(10(8)12(14)17)16-11-6-4-15-5-7(6)11/h1-3,6-7,11,15-16H,4-5H2,(H2,14,17). The second-order valence-corrected chi connectivity index (χ2v) is 5.54. The third-order valence-electron chi connectivity index (χ3n) is 3.67. The number of carbonyl (C=O) groups excluding carboxylic acids is 1. The predicted octanol–water partition coefficient (Wildman–Crippen LogP) is 1.18. The van der Waals surface area contributed by atoms with Crippen molar-refractivity contribution in [1.29, 1.82) is 0 Å². The summed E-state index contributed by atoms with van der Waals surface area (Å²) in [6.07, 6.45) is 0.